The van der Waals surface area contributed by atoms with E-state index >= 15 is 0 Å². The van der Waals surface area contributed by atoms with Gasteiger partial charge in [-0.05, 0) is 35.9 Å². The lowest BCUT2D eigenvalue weighted by atomic mass is 10.1. The van der Waals surface area contributed by atoms with Crippen LogP contribution in [0.15, 0.2) is 45.9 Å². The molecule has 0 N–H and O–H groups in total. The number of hydrogen-bond donors (Lipinski definition) is 0. The van der Waals surface area contributed by atoms with Crippen molar-refractivity contribution in [3.05, 3.63) is 62.8 Å². The maximum absolute atomic E-state index is 14.2. The zero-order valence-electron chi connectivity index (χ0n) is 15.5. The van der Waals surface area contributed by atoms with Crippen molar-refractivity contribution in [2.75, 3.05) is 16.4 Å². The highest BCUT2D eigenvalue weighted by atomic mass is 79.9. The number of nitrogens with zero attached hydrogens (tertiary/aromatic N) is 2. The molecular formula is C19H14BrClF4N2O2S2. The molecule has 0 radical (unpaired) electrons. The Morgan fingerprint density at radius 3 is 2.61 bits per heavy atom. The lowest BCUT2D eigenvalue weighted by Gasteiger charge is -2.28. The van der Waals surface area contributed by atoms with Crippen LogP contribution in [0.5, 0.6) is 0 Å². The Balaban J connectivity index is 1.70. The largest absolute Gasteiger partial charge is 0.416 e. The van der Waals surface area contributed by atoms with Gasteiger partial charge in [0.2, 0.25) is 0 Å². The van der Waals surface area contributed by atoms with E-state index in [0.717, 1.165) is 30.0 Å². The average Bonchev–Trinajstić information content (AvgIpc) is 3.11. The fourth-order valence-corrected chi connectivity index (χ4v) is 7.06. The zero-order valence-corrected chi connectivity index (χ0v) is 19.5. The van der Waals surface area contributed by atoms with Crippen molar-refractivity contribution >= 4 is 60.0 Å². The summed E-state index contributed by atoms with van der Waals surface area (Å²) in [5.41, 5.74) is -0.487. The molecule has 2 heterocycles. The van der Waals surface area contributed by atoms with Gasteiger partial charge < -0.3 is 4.90 Å². The molecule has 4 nitrogen and oxygen atoms in total. The lowest BCUT2D eigenvalue weighted by molar-refractivity contribution is -0.137. The molecule has 0 bridgehead atoms. The fraction of sp³-hybridized carbons (Fsp3) is 0.316. The van der Waals surface area contributed by atoms with Gasteiger partial charge >= 0.3 is 6.18 Å². The zero-order chi connectivity index (χ0) is 22.6. The molecule has 0 spiro atoms. The van der Waals surface area contributed by atoms with Crippen LogP contribution >= 0.6 is 39.3 Å². The number of halogens is 6. The summed E-state index contributed by atoms with van der Waals surface area (Å²) >= 11 is 10.5. The van der Waals surface area contributed by atoms with Gasteiger partial charge in [-0.3, -0.25) is 4.99 Å². The van der Waals surface area contributed by atoms with Crippen molar-refractivity contribution in [3.63, 3.8) is 0 Å². The van der Waals surface area contributed by atoms with Gasteiger partial charge in [0.25, 0.3) is 0 Å². The van der Waals surface area contributed by atoms with Gasteiger partial charge in [0.05, 0.1) is 39.9 Å². The molecule has 1 saturated heterocycles. The van der Waals surface area contributed by atoms with Crippen LogP contribution in [-0.4, -0.2) is 37.2 Å². The first-order chi connectivity index (χ1) is 14.4. The van der Waals surface area contributed by atoms with E-state index < -0.39 is 39.5 Å². The van der Waals surface area contributed by atoms with Crippen LogP contribution in [0, 0.1) is 5.82 Å². The van der Waals surface area contributed by atoms with E-state index in [1.807, 2.05) is 0 Å². The molecule has 31 heavy (non-hydrogen) atoms. The van der Waals surface area contributed by atoms with Crippen LogP contribution in [0.3, 0.4) is 0 Å². The molecular weight excluding hydrogens is 544 g/mol. The second kappa shape index (κ2) is 8.24. The topological polar surface area (TPSA) is 49.7 Å². The predicted octanol–water partition coefficient (Wildman–Crippen LogP) is 5.54. The Morgan fingerprint density at radius 1 is 1.19 bits per heavy atom. The summed E-state index contributed by atoms with van der Waals surface area (Å²) < 4.78 is 78.9. The summed E-state index contributed by atoms with van der Waals surface area (Å²) in [6, 6.07) is 6.20. The van der Waals surface area contributed by atoms with E-state index in [2.05, 4.69) is 20.9 Å². The molecule has 4 rings (SSSR count). The van der Waals surface area contributed by atoms with E-state index in [1.165, 1.54) is 11.0 Å². The fourth-order valence-electron chi connectivity index (χ4n) is 3.57. The van der Waals surface area contributed by atoms with Crippen LogP contribution in [0.2, 0.25) is 5.02 Å². The predicted molar refractivity (Wildman–Crippen MR) is 118 cm³/mol. The second-order valence-corrected chi connectivity index (χ2v) is 11.6. The number of aliphatic imine (C=N–C) groups is 1. The number of amidine groups is 1. The van der Waals surface area contributed by atoms with Crippen LogP contribution in [0.25, 0.3) is 0 Å². The van der Waals surface area contributed by atoms with Gasteiger partial charge in [0, 0.05) is 10.2 Å². The van der Waals surface area contributed by atoms with Gasteiger partial charge in [0.1, 0.15) is 5.82 Å². The standard InChI is InChI=1S/C19H14BrClF4N2O2S2/c20-12-3-1-10(14(22)6-12)7-30-18-26-15-8-31(28,29)9-17(15)27(18)16-5-11(19(23,24)25)2-4-13(16)21/h1-6,15,17H,7-9H2/t15-,17+/m0/s1. The molecule has 0 amide bonds. The van der Waals surface area contributed by atoms with E-state index in [9.17, 15) is 26.0 Å². The van der Waals surface area contributed by atoms with Crippen molar-refractivity contribution in [1.82, 2.24) is 0 Å². The van der Waals surface area contributed by atoms with Crippen LogP contribution in [0.1, 0.15) is 11.1 Å². The molecule has 2 aromatic rings. The van der Waals surface area contributed by atoms with Gasteiger partial charge in [-0.2, -0.15) is 13.2 Å². The maximum Gasteiger partial charge on any atom is 0.416 e. The van der Waals surface area contributed by atoms with Crippen molar-refractivity contribution in [2.45, 2.75) is 24.0 Å². The van der Waals surface area contributed by atoms with E-state index in [1.54, 1.807) is 12.1 Å². The number of thioether (sulfide) groups is 1. The number of rotatable bonds is 3. The Morgan fingerprint density at radius 2 is 1.94 bits per heavy atom. The number of benzene rings is 2. The van der Waals surface area contributed by atoms with E-state index in [4.69, 9.17) is 11.6 Å². The number of fused-ring (bicyclic) bond motifs is 1. The van der Waals surface area contributed by atoms with Gasteiger partial charge in [0.15, 0.2) is 15.0 Å². The Labute approximate surface area is 193 Å². The molecule has 2 aliphatic heterocycles. The minimum absolute atomic E-state index is 0.0311. The SMILES string of the molecule is O=S1(=O)C[C@@H]2N=C(SCc3ccc(Br)cc3F)N(c3cc(C(F)(F)F)ccc3Cl)[C@@H]2C1. The van der Waals surface area contributed by atoms with Crippen molar-refractivity contribution in [2.24, 2.45) is 4.99 Å². The Kier molecular flexibility index (Phi) is 6.08. The minimum atomic E-state index is -4.59. The third-order valence-corrected chi connectivity index (χ3v) is 8.54. The van der Waals surface area contributed by atoms with Crippen LogP contribution < -0.4 is 4.90 Å². The molecule has 2 atom stereocenters. The smallest absolute Gasteiger partial charge is 0.313 e. The summed E-state index contributed by atoms with van der Waals surface area (Å²) in [5, 5.41) is 0.356. The lowest BCUT2D eigenvalue weighted by Crippen LogP contribution is -2.39. The highest BCUT2D eigenvalue weighted by Gasteiger charge is 2.48. The molecule has 166 valence electrons. The first-order valence-corrected chi connectivity index (χ1v) is 12.9. The molecule has 1 fully saturated rings. The molecule has 12 heteroatoms. The van der Waals surface area contributed by atoms with Gasteiger partial charge in [-0.15, -0.1) is 0 Å². The molecule has 2 aromatic carbocycles. The highest BCUT2D eigenvalue weighted by Crippen LogP contribution is 2.41. The summed E-state index contributed by atoms with van der Waals surface area (Å²) in [4.78, 5) is 5.91. The Hall–Kier alpha value is -1.30. The minimum Gasteiger partial charge on any atom is -0.313 e. The van der Waals surface area contributed by atoms with Crippen molar-refractivity contribution < 1.29 is 26.0 Å². The highest BCUT2D eigenvalue weighted by molar-refractivity contribution is 9.10. The second-order valence-electron chi connectivity index (χ2n) is 7.18. The number of anilines is 1. The summed E-state index contributed by atoms with van der Waals surface area (Å²) in [5.74, 6) is -0.713. The van der Waals surface area contributed by atoms with Crippen LogP contribution in [-0.2, 0) is 21.8 Å². The molecule has 0 aromatic heterocycles. The van der Waals surface area contributed by atoms with E-state index in [0.29, 0.717) is 15.2 Å². The molecule has 2 aliphatic rings. The first-order valence-electron chi connectivity index (χ1n) is 8.95. The maximum atomic E-state index is 14.2. The third kappa shape index (κ3) is 4.74. The Bertz CT molecular complexity index is 1170. The van der Waals surface area contributed by atoms with Gasteiger partial charge in [-0.25, -0.2) is 12.8 Å². The summed E-state index contributed by atoms with van der Waals surface area (Å²) in [6.45, 7) is 0. The number of hydrogen-bond acceptors (Lipinski definition) is 5. The summed E-state index contributed by atoms with van der Waals surface area (Å²) in [6.07, 6.45) is -4.59. The monoisotopic (exact) mass is 556 g/mol. The molecule has 0 unspecified atom stereocenters. The molecule has 0 aliphatic carbocycles. The average molecular weight is 558 g/mol. The molecule has 0 saturated carbocycles. The normalized spacial score (nSPS) is 22.5. The van der Waals surface area contributed by atoms with Gasteiger partial charge in [-0.1, -0.05) is 45.4 Å². The third-order valence-electron chi connectivity index (χ3n) is 5.01. The summed E-state index contributed by atoms with van der Waals surface area (Å²) in [7, 11) is -3.39. The van der Waals surface area contributed by atoms with Crippen molar-refractivity contribution in [1.29, 1.82) is 0 Å². The quantitative estimate of drug-likeness (QED) is 0.466. The van der Waals surface area contributed by atoms with Crippen molar-refractivity contribution in [3.8, 4) is 0 Å². The first kappa shape index (κ1) is 22.9. The number of sulfone groups is 1. The van der Waals surface area contributed by atoms with E-state index in [-0.39, 0.29) is 28.0 Å². The number of alkyl halides is 3. The van der Waals surface area contributed by atoms with Crippen LogP contribution in [0.4, 0.5) is 23.2 Å².